The molecular formula is C14H14N4O2. The normalized spacial score (nSPS) is 9.75. The lowest BCUT2D eigenvalue weighted by atomic mass is 10.0. The predicted octanol–water partition coefficient (Wildman–Crippen LogP) is 0.720. The molecule has 0 aliphatic rings. The number of amides is 1. The monoisotopic (exact) mass is 270 g/mol. The van der Waals surface area contributed by atoms with Gasteiger partial charge in [-0.3, -0.25) is 10.1 Å². The second kappa shape index (κ2) is 5.99. The Morgan fingerprint density at radius 1 is 1.50 bits per heavy atom. The van der Waals surface area contributed by atoms with Crippen molar-refractivity contribution in [1.82, 2.24) is 14.8 Å². The summed E-state index contributed by atoms with van der Waals surface area (Å²) in [6.45, 7) is 1.64. The van der Waals surface area contributed by atoms with Crippen LogP contribution in [0.25, 0.3) is 0 Å². The fourth-order valence-electron chi connectivity index (χ4n) is 1.67. The van der Waals surface area contributed by atoms with Crippen molar-refractivity contribution < 1.29 is 9.90 Å². The van der Waals surface area contributed by atoms with Crippen molar-refractivity contribution in [2.45, 2.75) is 6.92 Å². The minimum absolute atomic E-state index is 0.252. The number of anilines is 1. The molecule has 1 heterocycles. The SMILES string of the molecule is Cc1ccc(C#CCO)c(C(=O)Nc2ncnn2C)c1. The lowest BCUT2D eigenvalue weighted by Gasteiger charge is -2.07. The highest BCUT2D eigenvalue weighted by Gasteiger charge is 2.13. The van der Waals surface area contributed by atoms with Gasteiger partial charge < -0.3 is 5.11 Å². The Balaban J connectivity index is 2.33. The number of nitrogens with zero attached hydrogens (tertiary/aromatic N) is 3. The van der Waals surface area contributed by atoms with E-state index in [0.717, 1.165) is 5.56 Å². The second-order valence-electron chi connectivity index (χ2n) is 4.17. The van der Waals surface area contributed by atoms with Gasteiger partial charge in [0.05, 0.1) is 5.56 Å². The molecule has 0 aliphatic carbocycles. The first-order valence-corrected chi connectivity index (χ1v) is 5.97. The molecule has 1 aromatic carbocycles. The molecule has 2 N–H and O–H groups in total. The third-order valence-electron chi connectivity index (χ3n) is 2.66. The fourth-order valence-corrected chi connectivity index (χ4v) is 1.67. The summed E-state index contributed by atoms with van der Waals surface area (Å²) in [5.74, 6) is 5.35. The third kappa shape index (κ3) is 3.02. The highest BCUT2D eigenvalue weighted by molar-refractivity contribution is 6.05. The van der Waals surface area contributed by atoms with E-state index in [1.54, 1.807) is 19.2 Å². The average molecular weight is 270 g/mol. The minimum Gasteiger partial charge on any atom is -0.384 e. The lowest BCUT2D eigenvalue weighted by molar-refractivity contribution is 0.102. The van der Waals surface area contributed by atoms with E-state index in [1.165, 1.54) is 11.0 Å². The van der Waals surface area contributed by atoms with Crippen LogP contribution in [0.2, 0.25) is 0 Å². The topological polar surface area (TPSA) is 80.0 Å². The van der Waals surface area contributed by atoms with E-state index in [2.05, 4.69) is 27.2 Å². The molecule has 0 aliphatic heterocycles. The van der Waals surface area contributed by atoms with Gasteiger partial charge in [0.25, 0.3) is 5.91 Å². The molecule has 6 nitrogen and oxygen atoms in total. The van der Waals surface area contributed by atoms with E-state index in [0.29, 0.717) is 17.1 Å². The molecule has 6 heteroatoms. The number of aromatic nitrogens is 3. The van der Waals surface area contributed by atoms with Gasteiger partial charge in [0.15, 0.2) is 0 Å². The number of aryl methyl sites for hydroxylation is 2. The van der Waals surface area contributed by atoms with Crippen LogP contribution < -0.4 is 5.32 Å². The van der Waals surface area contributed by atoms with Crippen molar-refractivity contribution >= 4 is 11.9 Å². The number of rotatable bonds is 2. The van der Waals surface area contributed by atoms with Crippen molar-refractivity contribution in [3.8, 4) is 11.8 Å². The first-order valence-electron chi connectivity index (χ1n) is 5.97. The van der Waals surface area contributed by atoms with Crippen molar-refractivity contribution in [1.29, 1.82) is 0 Å². The van der Waals surface area contributed by atoms with Crippen LogP contribution in [0, 0.1) is 18.8 Å². The number of nitrogens with one attached hydrogen (secondary N) is 1. The Morgan fingerprint density at radius 2 is 2.30 bits per heavy atom. The van der Waals surface area contributed by atoms with Gasteiger partial charge in [-0.1, -0.05) is 23.5 Å². The quantitative estimate of drug-likeness (QED) is 0.788. The van der Waals surface area contributed by atoms with Gasteiger partial charge in [0.2, 0.25) is 5.95 Å². The van der Waals surface area contributed by atoms with Crippen molar-refractivity contribution in [2.75, 3.05) is 11.9 Å². The summed E-state index contributed by atoms with van der Waals surface area (Å²) >= 11 is 0. The van der Waals surface area contributed by atoms with Crippen molar-refractivity contribution in [3.63, 3.8) is 0 Å². The van der Waals surface area contributed by atoms with Crippen LogP contribution in [0.5, 0.6) is 0 Å². The number of carbonyl (C=O) groups is 1. The molecule has 0 fully saturated rings. The maximum atomic E-state index is 12.3. The Morgan fingerprint density at radius 3 is 2.95 bits per heavy atom. The summed E-state index contributed by atoms with van der Waals surface area (Å²) in [4.78, 5) is 16.2. The standard InChI is InChI=1S/C14H14N4O2/c1-10-5-6-11(4-3-7-19)12(8-10)13(20)17-14-15-9-16-18(14)2/h5-6,8-9,19H,7H2,1-2H3,(H,15,16,17,20). The van der Waals surface area contributed by atoms with Crippen LogP contribution in [0.1, 0.15) is 21.5 Å². The molecule has 102 valence electrons. The number of hydrogen-bond acceptors (Lipinski definition) is 4. The Hall–Kier alpha value is -2.65. The largest absolute Gasteiger partial charge is 0.384 e. The number of benzene rings is 1. The van der Waals surface area contributed by atoms with Gasteiger partial charge in [-0.05, 0) is 19.1 Å². The van der Waals surface area contributed by atoms with Gasteiger partial charge in [-0.25, -0.2) is 4.68 Å². The molecule has 0 bridgehead atoms. The molecule has 0 spiro atoms. The van der Waals surface area contributed by atoms with E-state index in [9.17, 15) is 4.79 Å². The lowest BCUT2D eigenvalue weighted by Crippen LogP contribution is -2.16. The maximum Gasteiger partial charge on any atom is 0.259 e. The number of carbonyl (C=O) groups excluding carboxylic acids is 1. The van der Waals surface area contributed by atoms with E-state index in [4.69, 9.17) is 5.11 Å². The van der Waals surface area contributed by atoms with E-state index in [1.807, 2.05) is 13.0 Å². The van der Waals surface area contributed by atoms with Crippen molar-refractivity contribution in [2.24, 2.45) is 7.05 Å². The molecule has 0 atom stereocenters. The first kappa shape index (κ1) is 13.8. The zero-order valence-electron chi connectivity index (χ0n) is 11.2. The van der Waals surface area contributed by atoms with Crippen LogP contribution in [0.4, 0.5) is 5.95 Å². The summed E-state index contributed by atoms with van der Waals surface area (Å²) in [5, 5.41) is 15.3. The highest BCUT2D eigenvalue weighted by Crippen LogP contribution is 2.13. The van der Waals surface area contributed by atoms with Gasteiger partial charge >= 0.3 is 0 Å². The summed E-state index contributed by atoms with van der Waals surface area (Å²) in [5.41, 5.74) is 1.95. The molecule has 2 rings (SSSR count). The van der Waals surface area contributed by atoms with Gasteiger partial charge in [0.1, 0.15) is 12.9 Å². The second-order valence-corrected chi connectivity index (χ2v) is 4.17. The predicted molar refractivity (Wildman–Crippen MR) is 74.1 cm³/mol. The number of aliphatic hydroxyl groups excluding tert-OH is 1. The summed E-state index contributed by atoms with van der Waals surface area (Å²) in [7, 11) is 1.69. The molecule has 1 amide bonds. The Labute approximate surface area is 116 Å². The van der Waals surface area contributed by atoms with E-state index >= 15 is 0 Å². The van der Waals surface area contributed by atoms with Gasteiger partial charge in [-0.2, -0.15) is 10.1 Å². The summed E-state index contributed by atoms with van der Waals surface area (Å²) in [6, 6.07) is 5.36. The van der Waals surface area contributed by atoms with Gasteiger partial charge in [0, 0.05) is 12.6 Å². The van der Waals surface area contributed by atoms with Crippen LogP contribution in [-0.2, 0) is 7.05 Å². The molecular weight excluding hydrogens is 256 g/mol. The molecule has 0 unspecified atom stereocenters. The molecule has 0 saturated heterocycles. The summed E-state index contributed by atoms with van der Waals surface area (Å²) in [6.07, 6.45) is 1.36. The van der Waals surface area contributed by atoms with Crippen molar-refractivity contribution in [3.05, 3.63) is 41.2 Å². The third-order valence-corrected chi connectivity index (χ3v) is 2.66. The Bertz CT molecular complexity index is 695. The zero-order valence-corrected chi connectivity index (χ0v) is 11.2. The highest BCUT2D eigenvalue weighted by atomic mass is 16.2. The zero-order chi connectivity index (χ0) is 14.5. The summed E-state index contributed by atoms with van der Waals surface area (Å²) < 4.78 is 1.47. The average Bonchev–Trinajstić information content (AvgIpc) is 2.83. The fraction of sp³-hybridized carbons (Fsp3) is 0.214. The first-order chi connectivity index (χ1) is 9.61. The number of hydrogen-bond donors (Lipinski definition) is 2. The van der Waals surface area contributed by atoms with Crippen LogP contribution in [0.3, 0.4) is 0 Å². The Kier molecular flexibility index (Phi) is 4.13. The number of aliphatic hydroxyl groups is 1. The van der Waals surface area contributed by atoms with Crippen LogP contribution in [-0.4, -0.2) is 32.4 Å². The van der Waals surface area contributed by atoms with E-state index in [-0.39, 0.29) is 12.5 Å². The molecule has 20 heavy (non-hydrogen) atoms. The minimum atomic E-state index is -0.313. The smallest absolute Gasteiger partial charge is 0.259 e. The van der Waals surface area contributed by atoms with Gasteiger partial charge in [-0.15, -0.1) is 0 Å². The maximum absolute atomic E-state index is 12.3. The van der Waals surface area contributed by atoms with Crippen LogP contribution >= 0.6 is 0 Å². The van der Waals surface area contributed by atoms with Crippen LogP contribution in [0.15, 0.2) is 24.5 Å². The van der Waals surface area contributed by atoms with E-state index < -0.39 is 0 Å². The molecule has 0 saturated carbocycles. The molecule has 0 radical (unpaired) electrons. The molecule has 2 aromatic rings. The molecule has 1 aromatic heterocycles.